The number of nitriles is 1. The first-order valence-electron chi connectivity index (χ1n) is 11.6. The summed E-state index contributed by atoms with van der Waals surface area (Å²) in [7, 11) is 0. The minimum absolute atomic E-state index is 0.00177. The highest BCUT2D eigenvalue weighted by atomic mass is 19.1. The first kappa shape index (κ1) is 24.1. The van der Waals surface area contributed by atoms with Gasteiger partial charge in [0.05, 0.1) is 29.3 Å². The monoisotopic (exact) mass is 500 g/mol. The van der Waals surface area contributed by atoms with Gasteiger partial charge in [0.15, 0.2) is 0 Å². The topological polar surface area (TPSA) is 96.9 Å². The lowest BCUT2D eigenvalue weighted by Gasteiger charge is -2.45. The van der Waals surface area contributed by atoms with E-state index in [1.807, 2.05) is 30.3 Å². The van der Waals surface area contributed by atoms with Crippen LogP contribution in [0.5, 0.6) is 0 Å². The number of nitrogens with zero attached hydrogens (tertiary/aromatic N) is 6. The van der Waals surface area contributed by atoms with Crippen molar-refractivity contribution < 1.29 is 18.3 Å². The van der Waals surface area contributed by atoms with E-state index < -0.39 is 23.5 Å². The van der Waals surface area contributed by atoms with E-state index in [1.54, 1.807) is 23.0 Å². The smallest absolute Gasteiger partial charge is 0.417 e. The number of benzene rings is 1. The summed E-state index contributed by atoms with van der Waals surface area (Å²) in [5.41, 5.74) is 0.866. The maximum Gasteiger partial charge on any atom is 0.417 e. The minimum atomic E-state index is -1.14. The van der Waals surface area contributed by atoms with Crippen LogP contribution >= 0.6 is 0 Å². The quantitative estimate of drug-likeness (QED) is 0.359. The number of hydrogen-bond donors (Lipinski definition) is 0. The second-order valence-corrected chi connectivity index (χ2v) is 8.91. The van der Waals surface area contributed by atoms with Gasteiger partial charge in [0.25, 0.3) is 0 Å². The van der Waals surface area contributed by atoms with E-state index in [-0.39, 0.29) is 37.6 Å². The molecule has 0 saturated heterocycles. The lowest BCUT2D eigenvalue weighted by molar-refractivity contribution is 0.0866. The standard InChI is InChI=1S/C27H22F2N6O2/c28-21-11-27(12-21,24-23(29)7-4-9-31-24)18-35(26(36)37-17-19-5-2-1-3-6-19)25-32-14-22(15-33-25)34-10-8-20(13-30)16-34/h1-10,14-16,21H,11-12,17-18H2/t21-,27-. The fourth-order valence-corrected chi connectivity index (χ4v) is 4.49. The van der Waals surface area contributed by atoms with Crippen molar-refractivity contribution in [3.63, 3.8) is 0 Å². The molecule has 0 aliphatic heterocycles. The fraction of sp³-hybridized carbons (Fsp3) is 0.222. The summed E-state index contributed by atoms with van der Waals surface area (Å²) in [6, 6.07) is 15.6. The van der Waals surface area contributed by atoms with Crippen molar-refractivity contribution >= 4 is 12.0 Å². The molecule has 0 unspecified atom stereocenters. The molecule has 0 N–H and O–H groups in total. The molecule has 1 saturated carbocycles. The molecule has 8 nitrogen and oxygen atoms in total. The predicted octanol–water partition coefficient (Wildman–Crippen LogP) is 4.89. The number of pyridine rings is 1. The number of hydrogen-bond acceptors (Lipinski definition) is 6. The van der Waals surface area contributed by atoms with Gasteiger partial charge in [0.1, 0.15) is 24.7 Å². The molecule has 1 amide bonds. The second kappa shape index (κ2) is 10.1. The molecule has 37 heavy (non-hydrogen) atoms. The first-order chi connectivity index (χ1) is 18.0. The van der Waals surface area contributed by atoms with Gasteiger partial charge >= 0.3 is 6.09 Å². The maximum absolute atomic E-state index is 14.8. The van der Waals surface area contributed by atoms with Crippen LogP contribution in [0.3, 0.4) is 0 Å². The van der Waals surface area contributed by atoms with Crippen molar-refractivity contribution in [3.8, 4) is 11.8 Å². The molecule has 1 aromatic carbocycles. The number of alkyl halides is 1. The molecule has 4 aromatic rings. The summed E-state index contributed by atoms with van der Waals surface area (Å²) < 4.78 is 36.1. The summed E-state index contributed by atoms with van der Waals surface area (Å²) >= 11 is 0. The third-order valence-electron chi connectivity index (χ3n) is 6.36. The SMILES string of the molecule is N#Cc1ccn(-c2cnc(N(C[C@]3(c4ncccc4F)C[C@H](F)C3)C(=O)OCc3ccccc3)nc2)c1. The highest BCUT2D eigenvalue weighted by Gasteiger charge is 2.51. The number of halogens is 2. The third-order valence-corrected chi connectivity index (χ3v) is 6.36. The van der Waals surface area contributed by atoms with Crippen LogP contribution in [0.4, 0.5) is 19.5 Å². The molecule has 0 radical (unpaired) electrons. The minimum Gasteiger partial charge on any atom is -0.444 e. The van der Waals surface area contributed by atoms with Gasteiger partial charge in [-0.15, -0.1) is 0 Å². The highest BCUT2D eigenvalue weighted by Crippen LogP contribution is 2.46. The van der Waals surface area contributed by atoms with Crippen LogP contribution in [-0.2, 0) is 16.8 Å². The Morgan fingerprint density at radius 3 is 2.54 bits per heavy atom. The lowest BCUT2D eigenvalue weighted by atomic mass is 9.64. The number of anilines is 1. The highest BCUT2D eigenvalue weighted by molar-refractivity contribution is 5.85. The first-order valence-corrected chi connectivity index (χ1v) is 11.6. The van der Waals surface area contributed by atoms with Crippen molar-refractivity contribution in [2.75, 3.05) is 11.4 Å². The van der Waals surface area contributed by atoms with Gasteiger partial charge in [-0.3, -0.25) is 4.98 Å². The molecule has 186 valence electrons. The van der Waals surface area contributed by atoms with E-state index >= 15 is 0 Å². The summed E-state index contributed by atoms with van der Waals surface area (Å²) in [5.74, 6) is -0.545. The van der Waals surface area contributed by atoms with Crippen molar-refractivity contribution in [3.05, 3.63) is 102 Å². The number of rotatable bonds is 7. The van der Waals surface area contributed by atoms with Gasteiger partial charge < -0.3 is 9.30 Å². The Bertz CT molecular complexity index is 1430. The molecule has 5 rings (SSSR count). The number of aromatic nitrogens is 4. The van der Waals surface area contributed by atoms with E-state index in [4.69, 9.17) is 10.00 Å². The Labute approximate surface area is 211 Å². The summed E-state index contributed by atoms with van der Waals surface area (Å²) in [4.78, 5) is 27.4. The number of amides is 1. The molecule has 0 bridgehead atoms. The zero-order chi connectivity index (χ0) is 25.8. The summed E-state index contributed by atoms with van der Waals surface area (Å²) in [6.07, 6.45) is 5.86. The van der Waals surface area contributed by atoms with Crippen LogP contribution in [0.2, 0.25) is 0 Å². The molecule has 1 aliphatic rings. The molecule has 1 aliphatic carbocycles. The lowest BCUT2D eigenvalue weighted by Crippen LogP contribution is -2.53. The number of carbonyl (C=O) groups excluding carboxylic acids is 1. The summed E-state index contributed by atoms with van der Waals surface area (Å²) in [6.45, 7) is -0.109. The van der Waals surface area contributed by atoms with Gasteiger partial charge in [-0.1, -0.05) is 30.3 Å². The van der Waals surface area contributed by atoms with E-state index in [0.29, 0.717) is 11.3 Å². The van der Waals surface area contributed by atoms with Crippen LogP contribution in [-0.4, -0.2) is 38.3 Å². The van der Waals surface area contributed by atoms with Gasteiger partial charge in [-0.25, -0.2) is 28.4 Å². The molecule has 3 heterocycles. The average Bonchev–Trinajstić information content (AvgIpc) is 3.40. The predicted molar refractivity (Wildman–Crippen MR) is 130 cm³/mol. The molecule has 1 fully saturated rings. The Kier molecular flexibility index (Phi) is 6.60. The molecule has 0 spiro atoms. The third kappa shape index (κ3) is 5.02. The van der Waals surface area contributed by atoms with Crippen LogP contribution in [0.25, 0.3) is 5.69 Å². The zero-order valence-corrected chi connectivity index (χ0v) is 19.7. The number of carbonyl (C=O) groups is 1. The zero-order valence-electron chi connectivity index (χ0n) is 19.7. The van der Waals surface area contributed by atoms with Crippen molar-refractivity contribution in [1.29, 1.82) is 5.26 Å². The molecular weight excluding hydrogens is 478 g/mol. The Balaban J connectivity index is 1.45. The van der Waals surface area contributed by atoms with Gasteiger partial charge in [-0.2, -0.15) is 5.26 Å². The fourth-order valence-electron chi connectivity index (χ4n) is 4.49. The van der Waals surface area contributed by atoms with Crippen LogP contribution in [0.15, 0.2) is 79.5 Å². The Hall–Kier alpha value is -4.65. The van der Waals surface area contributed by atoms with E-state index in [9.17, 15) is 13.6 Å². The van der Waals surface area contributed by atoms with Crippen molar-refractivity contribution in [2.24, 2.45) is 0 Å². The second-order valence-electron chi connectivity index (χ2n) is 8.91. The van der Waals surface area contributed by atoms with Crippen LogP contribution < -0.4 is 4.90 Å². The van der Waals surface area contributed by atoms with Crippen molar-refractivity contribution in [1.82, 2.24) is 19.5 Å². The largest absolute Gasteiger partial charge is 0.444 e. The van der Waals surface area contributed by atoms with Crippen LogP contribution in [0.1, 0.15) is 29.7 Å². The van der Waals surface area contributed by atoms with Gasteiger partial charge in [0.2, 0.25) is 5.95 Å². The van der Waals surface area contributed by atoms with Gasteiger partial charge in [-0.05, 0) is 36.6 Å². The van der Waals surface area contributed by atoms with Crippen LogP contribution in [0, 0.1) is 17.1 Å². The molecule has 0 atom stereocenters. The molecule has 10 heteroatoms. The molecule has 3 aromatic heterocycles. The van der Waals surface area contributed by atoms with E-state index in [0.717, 1.165) is 5.56 Å². The summed E-state index contributed by atoms with van der Waals surface area (Å²) in [5, 5.41) is 9.07. The normalized spacial score (nSPS) is 18.5. The van der Waals surface area contributed by atoms with E-state index in [1.165, 1.54) is 35.6 Å². The number of ether oxygens (including phenoxy) is 1. The average molecular weight is 501 g/mol. The van der Waals surface area contributed by atoms with E-state index in [2.05, 4.69) is 21.0 Å². The Morgan fingerprint density at radius 1 is 1.14 bits per heavy atom. The molecular formula is C27H22F2N6O2. The van der Waals surface area contributed by atoms with Crippen molar-refractivity contribution in [2.45, 2.75) is 31.0 Å². The van der Waals surface area contributed by atoms with Gasteiger partial charge in [0, 0.05) is 30.6 Å². The maximum atomic E-state index is 14.8. The Morgan fingerprint density at radius 2 is 1.89 bits per heavy atom.